The maximum absolute atomic E-state index is 11.8. The average molecular weight is 484 g/mol. The van der Waals surface area contributed by atoms with Gasteiger partial charge in [-0.15, -0.1) is 0 Å². The molecule has 0 aliphatic heterocycles. The van der Waals surface area contributed by atoms with Crippen molar-refractivity contribution in [2.24, 2.45) is 0 Å². The van der Waals surface area contributed by atoms with E-state index in [0.29, 0.717) is 23.4 Å². The fraction of sp³-hybridized carbons (Fsp3) is 0.286. The Morgan fingerprint density at radius 3 is 2.61 bits per heavy atom. The van der Waals surface area contributed by atoms with Crippen LogP contribution in [0.3, 0.4) is 0 Å². The van der Waals surface area contributed by atoms with Crippen LogP contribution in [0, 0.1) is 0 Å². The Morgan fingerprint density at radius 2 is 1.81 bits per heavy atom. The van der Waals surface area contributed by atoms with E-state index in [2.05, 4.69) is 37.7 Å². The van der Waals surface area contributed by atoms with Gasteiger partial charge in [0.25, 0.3) is 5.91 Å². The molecule has 2 heterocycles. The summed E-state index contributed by atoms with van der Waals surface area (Å²) in [5, 5.41) is 6.74. The molecular weight excluding hydrogens is 454 g/mol. The quantitative estimate of drug-likeness (QED) is 0.334. The van der Waals surface area contributed by atoms with Gasteiger partial charge in [0.1, 0.15) is 22.9 Å². The summed E-state index contributed by atoms with van der Waals surface area (Å²) < 4.78 is 11.5. The maximum Gasteiger partial charge on any atom is 0.269 e. The minimum Gasteiger partial charge on any atom is -0.495 e. The molecule has 8 heteroatoms. The van der Waals surface area contributed by atoms with E-state index in [1.807, 2.05) is 24.3 Å². The first-order valence-electron chi connectivity index (χ1n) is 12.2. The first-order valence-corrected chi connectivity index (χ1v) is 12.2. The Bertz CT molecular complexity index is 1380. The highest BCUT2D eigenvalue weighted by Crippen LogP contribution is 2.37. The highest BCUT2D eigenvalue weighted by molar-refractivity contribution is 5.92. The van der Waals surface area contributed by atoms with E-state index in [4.69, 9.17) is 9.47 Å². The lowest BCUT2D eigenvalue weighted by Gasteiger charge is -2.23. The van der Waals surface area contributed by atoms with Gasteiger partial charge < -0.3 is 20.1 Å². The van der Waals surface area contributed by atoms with Crippen molar-refractivity contribution in [3.63, 3.8) is 0 Å². The second-order valence-corrected chi connectivity index (χ2v) is 8.89. The number of rotatable bonds is 7. The van der Waals surface area contributed by atoms with Crippen LogP contribution in [-0.4, -0.2) is 35.0 Å². The van der Waals surface area contributed by atoms with Crippen molar-refractivity contribution in [3.05, 3.63) is 72.2 Å². The van der Waals surface area contributed by atoms with Crippen molar-refractivity contribution in [2.75, 3.05) is 19.5 Å². The molecule has 2 N–H and O–H groups in total. The van der Waals surface area contributed by atoms with Gasteiger partial charge in [-0.2, -0.15) is 0 Å². The van der Waals surface area contributed by atoms with E-state index in [9.17, 15) is 4.79 Å². The van der Waals surface area contributed by atoms with Crippen LogP contribution < -0.4 is 20.1 Å². The number of methoxy groups -OCH3 is 1. The van der Waals surface area contributed by atoms with Gasteiger partial charge in [-0.25, -0.2) is 9.97 Å². The molecule has 0 atom stereocenters. The standard InChI is InChI=1S/C28H29N5O3/c1-29-27(34)25-16-22(12-13-30-25)36-21-9-10-23-20(14-21)17-31-28(32-23)33-24-15-19(8-11-26(24)35-2)18-6-4-3-5-7-18/h8-18H,3-7H2,1-2H3,(H,29,34)(H,31,32,33). The summed E-state index contributed by atoms with van der Waals surface area (Å²) in [6.07, 6.45) is 9.67. The second kappa shape index (κ2) is 10.6. The molecule has 0 bridgehead atoms. The van der Waals surface area contributed by atoms with Gasteiger partial charge in [0.15, 0.2) is 0 Å². The topological polar surface area (TPSA) is 98.3 Å². The number of carbonyl (C=O) groups excluding carboxylic acids is 1. The number of amides is 1. The van der Waals surface area contributed by atoms with E-state index in [1.165, 1.54) is 37.7 Å². The fourth-order valence-corrected chi connectivity index (χ4v) is 4.63. The minimum atomic E-state index is -0.270. The highest BCUT2D eigenvalue weighted by Gasteiger charge is 2.17. The van der Waals surface area contributed by atoms with Gasteiger partial charge >= 0.3 is 0 Å². The number of benzene rings is 2. The Labute approximate surface area is 210 Å². The number of nitrogens with zero attached hydrogens (tertiary/aromatic N) is 3. The minimum absolute atomic E-state index is 0.270. The summed E-state index contributed by atoms with van der Waals surface area (Å²) in [6, 6.07) is 15.2. The van der Waals surface area contributed by atoms with Crippen molar-refractivity contribution < 1.29 is 14.3 Å². The molecule has 0 unspecified atom stereocenters. The van der Waals surface area contributed by atoms with E-state index in [1.54, 1.807) is 38.7 Å². The van der Waals surface area contributed by atoms with Crippen molar-refractivity contribution in [3.8, 4) is 17.2 Å². The zero-order valence-corrected chi connectivity index (χ0v) is 20.5. The molecule has 0 spiro atoms. The molecular formula is C28H29N5O3. The van der Waals surface area contributed by atoms with Crippen LogP contribution in [0.15, 0.2) is 60.9 Å². The van der Waals surface area contributed by atoms with Gasteiger partial charge in [-0.1, -0.05) is 25.3 Å². The third-order valence-electron chi connectivity index (χ3n) is 6.52. The van der Waals surface area contributed by atoms with Gasteiger partial charge in [-0.05, 0) is 60.7 Å². The molecule has 1 amide bonds. The molecule has 1 aliphatic rings. The van der Waals surface area contributed by atoms with E-state index in [-0.39, 0.29) is 11.6 Å². The molecule has 1 fully saturated rings. The normalized spacial score (nSPS) is 13.8. The molecule has 36 heavy (non-hydrogen) atoms. The van der Waals surface area contributed by atoms with Gasteiger partial charge in [-0.3, -0.25) is 9.78 Å². The number of hydrogen-bond acceptors (Lipinski definition) is 7. The first kappa shape index (κ1) is 23.5. The van der Waals surface area contributed by atoms with Crippen LogP contribution in [0.4, 0.5) is 11.6 Å². The van der Waals surface area contributed by atoms with E-state index < -0.39 is 0 Å². The number of anilines is 2. The molecule has 0 radical (unpaired) electrons. The summed E-state index contributed by atoms with van der Waals surface area (Å²) in [4.78, 5) is 25.1. The Hall–Kier alpha value is -4.20. The molecule has 4 aromatic rings. The zero-order chi connectivity index (χ0) is 24.9. The fourth-order valence-electron chi connectivity index (χ4n) is 4.63. The molecule has 2 aromatic heterocycles. The first-order chi connectivity index (χ1) is 17.6. The van der Waals surface area contributed by atoms with Crippen LogP contribution in [0.5, 0.6) is 17.2 Å². The number of hydrogen-bond donors (Lipinski definition) is 2. The SMILES string of the molecule is CNC(=O)c1cc(Oc2ccc3nc(Nc4cc(C5CCCCC5)ccc4OC)ncc3c2)ccn1. The van der Waals surface area contributed by atoms with Crippen LogP contribution in [0.2, 0.25) is 0 Å². The number of ether oxygens (including phenoxy) is 2. The number of pyridine rings is 1. The smallest absolute Gasteiger partial charge is 0.269 e. The predicted octanol–water partition coefficient (Wildman–Crippen LogP) is 5.98. The number of fused-ring (bicyclic) bond motifs is 1. The number of aromatic nitrogens is 3. The summed E-state index contributed by atoms with van der Waals surface area (Å²) >= 11 is 0. The number of carbonyl (C=O) groups is 1. The monoisotopic (exact) mass is 483 g/mol. The maximum atomic E-state index is 11.8. The van der Waals surface area contributed by atoms with Crippen LogP contribution >= 0.6 is 0 Å². The summed E-state index contributed by atoms with van der Waals surface area (Å²) in [6.45, 7) is 0. The second-order valence-electron chi connectivity index (χ2n) is 8.89. The molecule has 1 aliphatic carbocycles. The average Bonchev–Trinajstić information content (AvgIpc) is 2.93. The summed E-state index contributed by atoms with van der Waals surface area (Å²) in [5.41, 5.74) is 3.27. The highest BCUT2D eigenvalue weighted by atomic mass is 16.5. The van der Waals surface area contributed by atoms with Gasteiger partial charge in [0.05, 0.1) is 18.3 Å². The zero-order valence-electron chi connectivity index (χ0n) is 20.5. The van der Waals surface area contributed by atoms with E-state index >= 15 is 0 Å². The lowest BCUT2D eigenvalue weighted by atomic mass is 9.84. The molecule has 8 nitrogen and oxygen atoms in total. The van der Waals surface area contributed by atoms with Crippen molar-refractivity contribution in [2.45, 2.75) is 38.0 Å². The van der Waals surface area contributed by atoms with Crippen molar-refractivity contribution in [1.82, 2.24) is 20.3 Å². The molecule has 5 rings (SSSR count). The molecule has 1 saturated carbocycles. The van der Waals surface area contributed by atoms with E-state index in [0.717, 1.165) is 22.3 Å². The van der Waals surface area contributed by atoms with Crippen LogP contribution in [0.1, 0.15) is 54.1 Å². The van der Waals surface area contributed by atoms with Crippen molar-refractivity contribution >= 4 is 28.4 Å². The van der Waals surface area contributed by atoms with Crippen LogP contribution in [0.25, 0.3) is 10.9 Å². The Morgan fingerprint density at radius 1 is 0.972 bits per heavy atom. The Balaban J connectivity index is 1.35. The largest absolute Gasteiger partial charge is 0.495 e. The number of nitrogens with one attached hydrogen (secondary N) is 2. The Kier molecular flexibility index (Phi) is 6.93. The van der Waals surface area contributed by atoms with Crippen LogP contribution in [-0.2, 0) is 0 Å². The van der Waals surface area contributed by atoms with Gasteiger partial charge in [0.2, 0.25) is 5.95 Å². The third kappa shape index (κ3) is 5.22. The molecule has 2 aromatic carbocycles. The molecule has 0 saturated heterocycles. The lowest BCUT2D eigenvalue weighted by molar-refractivity contribution is 0.0958. The molecule has 184 valence electrons. The lowest BCUT2D eigenvalue weighted by Crippen LogP contribution is -2.18. The third-order valence-corrected chi connectivity index (χ3v) is 6.52. The van der Waals surface area contributed by atoms with Crippen molar-refractivity contribution in [1.29, 1.82) is 0 Å². The van der Waals surface area contributed by atoms with Gasteiger partial charge in [0, 0.05) is 30.9 Å². The summed E-state index contributed by atoms with van der Waals surface area (Å²) in [5.74, 6) is 2.71. The predicted molar refractivity (Wildman–Crippen MR) is 139 cm³/mol. The summed E-state index contributed by atoms with van der Waals surface area (Å²) in [7, 11) is 3.23.